The minimum absolute atomic E-state index is 0.0000827. The highest BCUT2D eigenvalue weighted by atomic mass is 16.5. The number of Topliss-reactive ketones (excluding diaryl/α,β-unsaturated/α-hetero) is 1. The number of benzene rings is 2. The number of carbonyl (C=O) groups excluding carboxylic acids is 1. The van der Waals surface area contributed by atoms with Crippen LogP contribution in [0.3, 0.4) is 0 Å². The second-order valence-corrected chi connectivity index (χ2v) is 11.8. The van der Waals surface area contributed by atoms with Gasteiger partial charge in [0, 0.05) is 41.8 Å². The van der Waals surface area contributed by atoms with Crippen molar-refractivity contribution in [1.82, 2.24) is 10.1 Å². The van der Waals surface area contributed by atoms with Gasteiger partial charge in [0.2, 0.25) is 0 Å². The van der Waals surface area contributed by atoms with Gasteiger partial charge < -0.3 is 9.84 Å². The van der Waals surface area contributed by atoms with Crippen molar-refractivity contribution in [2.45, 2.75) is 96.9 Å². The minimum Gasteiger partial charge on any atom is -0.390 e. The molecule has 4 atom stereocenters. The van der Waals surface area contributed by atoms with Crippen LogP contribution in [0.25, 0.3) is 22.5 Å². The van der Waals surface area contributed by atoms with Crippen LogP contribution in [0.4, 0.5) is 0 Å². The van der Waals surface area contributed by atoms with Crippen molar-refractivity contribution in [2.24, 2.45) is 10.9 Å². The van der Waals surface area contributed by atoms with Gasteiger partial charge in [-0.1, -0.05) is 74.0 Å². The quantitative estimate of drug-likeness (QED) is 0.289. The number of aliphatic imine (C=N–C) groups is 1. The van der Waals surface area contributed by atoms with Crippen LogP contribution < -0.4 is 5.76 Å². The Morgan fingerprint density at radius 3 is 2.31 bits per heavy atom. The van der Waals surface area contributed by atoms with E-state index in [2.05, 4.69) is 24.0 Å². The van der Waals surface area contributed by atoms with Crippen molar-refractivity contribution in [3.63, 3.8) is 0 Å². The molecule has 2 N–H and O–H groups in total. The Bertz CT molecular complexity index is 1520. The molecule has 2 unspecified atom stereocenters. The summed E-state index contributed by atoms with van der Waals surface area (Å²) in [4.78, 5) is 33.3. The van der Waals surface area contributed by atoms with Gasteiger partial charge in [-0.2, -0.15) is 0 Å². The number of hydrogen-bond acceptors (Lipinski definition) is 7. The lowest BCUT2D eigenvalue weighted by atomic mass is 9.77. The molecule has 0 aliphatic carbocycles. The first-order valence-corrected chi connectivity index (χ1v) is 15.2. The fourth-order valence-electron chi connectivity index (χ4n) is 6.64. The maximum absolute atomic E-state index is 14.1. The van der Waals surface area contributed by atoms with E-state index in [0.29, 0.717) is 37.9 Å². The van der Waals surface area contributed by atoms with Gasteiger partial charge in [-0.15, -0.1) is 0 Å². The summed E-state index contributed by atoms with van der Waals surface area (Å²) in [6.45, 7) is 8.18. The average molecular weight is 572 g/mol. The zero-order valence-electron chi connectivity index (χ0n) is 25.0. The maximum Gasteiger partial charge on any atom is 0.439 e. The standard InChI is InChI=1S/C34H41N3O5/c1-5-9-30-28(31(38)27(29(6-2)35-30)16-17-34(40)19-21(3)41-22(4)20-34)18-23-12-14-24(15-13-23)25-10-7-8-11-26(25)32-36-33(39)42-37-32/h7-8,10-15,21-22,27,40H,5-6,9,16-20H2,1-4H3,(H,36,37,39)/t21-,22+,27?,34?. The third-order valence-corrected chi connectivity index (χ3v) is 8.46. The molecule has 0 bridgehead atoms. The fraction of sp³-hybridized carbons (Fsp3) is 0.471. The molecule has 2 aromatic carbocycles. The van der Waals surface area contributed by atoms with Gasteiger partial charge in [0.05, 0.1) is 23.7 Å². The van der Waals surface area contributed by atoms with Crippen molar-refractivity contribution in [3.8, 4) is 22.5 Å². The number of H-pyrrole nitrogens is 1. The third kappa shape index (κ3) is 6.55. The lowest BCUT2D eigenvalue weighted by Crippen LogP contribution is -2.44. The number of ether oxygens (including phenoxy) is 1. The van der Waals surface area contributed by atoms with E-state index in [1.807, 2.05) is 62.4 Å². The molecule has 1 saturated heterocycles. The molecule has 8 nitrogen and oxygen atoms in total. The van der Waals surface area contributed by atoms with Crippen LogP contribution >= 0.6 is 0 Å². The predicted octanol–water partition coefficient (Wildman–Crippen LogP) is 6.44. The second kappa shape index (κ2) is 12.7. The van der Waals surface area contributed by atoms with Crippen LogP contribution in [0.15, 0.2) is 74.1 Å². The molecule has 5 rings (SSSR count). The van der Waals surface area contributed by atoms with Gasteiger partial charge >= 0.3 is 5.76 Å². The molecule has 222 valence electrons. The van der Waals surface area contributed by atoms with E-state index >= 15 is 0 Å². The highest BCUT2D eigenvalue weighted by Crippen LogP contribution is 2.37. The topological polar surface area (TPSA) is 118 Å². The zero-order valence-corrected chi connectivity index (χ0v) is 25.0. The normalized spacial score (nSPS) is 24.6. The van der Waals surface area contributed by atoms with Crippen LogP contribution in [0, 0.1) is 5.92 Å². The highest BCUT2D eigenvalue weighted by molar-refractivity contribution is 6.14. The molecule has 2 aliphatic heterocycles. The van der Waals surface area contributed by atoms with Crippen molar-refractivity contribution in [2.75, 3.05) is 0 Å². The molecule has 0 spiro atoms. The van der Waals surface area contributed by atoms with Crippen molar-refractivity contribution in [1.29, 1.82) is 0 Å². The molecule has 0 saturated carbocycles. The number of nitrogens with one attached hydrogen (secondary N) is 1. The second-order valence-electron chi connectivity index (χ2n) is 11.8. The van der Waals surface area contributed by atoms with Crippen LogP contribution in [-0.4, -0.2) is 44.6 Å². The van der Waals surface area contributed by atoms with E-state index in [0.717, 1.165) is 58.5 Å². The Hall–Kier alpha value is -3.62. The molecular formula is C34H41N3O5. The Morgan fingerprint density at radius 2 is 1.69 bits per heavy atom. The smallest absolute Gasteiger partial charge is 0.390 e. The monoisotopic (exact) mass is 571 g/mol. The number of ketones is 1. The molecule has 3 aromatic rings. The first-order chi connectivity index (χ1) is 20.2. The summed E-state index contributed by atoms with van der Waals surface area (Å²) in [6.07, 6.45) is 5.21. The van der Waals surface area contributed by atoms with Gasteiger partial charge in [0.1, 0.15) is 0 Å². The lowest BCUT2D eigenvalue weighted by molar-refractivity contribution is -0.136. The molecule has 0 radical (unpaired) electrons. The predicted molar refractivity (Wildman–Crippen MR) is 163 cm³/mol. The highest BCUT2D eigenvalue weighted by Gasteiger charge is 2.39. The number of nitrogens with zero attached hydrogens (tertiary/aromatic N) is 2. The van der Waals surface area contributed by atoms with E-state index in [-0.39, 0.29) is 23.9 Å². The zero-order chi connectivity index (χ0) is 29.9. The van der Waals surface area contributed by atoms with E-state index in [1.165, 1.54) is 0 Å². The third-order valence-electron chi connectivity index (χ3n) is 8.46. The minimum atomic E-state index is -0.824. The SMILES string of the molecule is CCCC1=C(Cc2ccc(-c3ccccc3-c3noc(=O)[nH]3)cc2)C(=O)C(CCC2(O)C[C@@H](C)O[C@@H](C)C2)C(CC)=N1. The average Bonchev–Trinajstić information content (AvgIpc) is 3.40. The molecule has 42 heavy (non-hydrogen) atoms. The molecule has 8 heteroatoms. The Labute approximate surface area is 246 Å². The summed E-state index contributed by atoms with van der Waals surface area (Å²) >= 11 is 0. The first kappa shape index (κ1) is 29.9. The summed E-state index contributed by atoms with van der Waals surface area (Å²) < 4.78 is 10.6. The molecule has 2 aliphatic rings. The molecule has 3 heterocycles. The lowest BCUT2D eigenvalue weighted by Gasteiger charge is -2.40. The number of carbonyl (C=O) groups is 1. The van der Waals surface area contributed by atoms with Crippen molar-refractivity contribution < 1.29 is 19.2 Å². The van der Waals surface area contributed by atoms with Crippen molar-refractivity contribution in [3.05, 3.63) is 75.9 Å². The van der Waals surface area contributed by atoms with E-state index in [4.69, 9.17) is 14.3 Å². The maximum atomic E-state index is 14.1. The Balaban J connectivity index is 1.38. The van der Waals surface area contributed by atoms with Gasteiger partial charge in [0.25, 0.3) is 0 Å². The summed E-state index contributed by atoms with van der Waals surface area (Å²) in [5.41, 5.74) is 5.47. The van der Waals surface area contributed by atoms with Crippen LogP contribution in [0.1, 0.15) is 78.2 Å². The van der Waals surface area contributed by atoms with Gasteiger partial charge in [-0.25, -0.2) is 4.79 Å². The Morgan fingerprint density at radius 1 is 1.00 bits per heavy atom. The molecule has 1 aromatic heterocycles. The van der Waals surface area contributed by atoms with Gasteiger partial charge in [0.15, 0.2) is 11.6 Å². The fourth-order valence-corrected chi connectivity index (χ4v) is 6.64. The van der Waals surface area contributed by atoms with Gasteiger partial charge in [-0.3, -0.25) is 19.3 Å². The number of hydrogen-bond donors (Lipinski definition) is 2. The van der Waals surface area contributed by atoms with Crippen LogP contribution in [0.5, 0.6) is 0 Å². The van der Waals surface area contributed by atoms with Crippen LogP contribution in [-0.2, 0) is 16.0 Å². The number of aliphatic hydroxyl groups is 1. The largest absolute Gasteiger partial charge is 0.439 e. The molecule has 1 fully saturated rings. The number of rotatable bonds is 10. The van der Waals surface area contributed by atoms with E-state index < -0.39 is 11.4 Å². The first-order valence-electron chi connectivity index (χ1n) is 15.2. The van der Waals surface area contributed by atoms with Crippen molar-refractivity contribution >= 4 is 11.5 Å². The van der Waals surface area contributed by atoms with E-state index in [1.54, 1.807) is 0 Å². The summed E-state index contributed by atoms with van der Waals surface area (Å²) in [5, 5.41) is 15.2. The Kier molecular flexibility index (Phi) is 9.04. The van der Waals surface area contributed by atoms with Gasteiger partial charge in [-0.05, 0) is 56.2 Å². The summed E-state index contributed by atoms with van der Waals surface area (Å²) in [7, 11) is 0. The molecule has 0 amide bonds. The summed E-state index contributed by atoms with van der Waals surface area (Å²) in [5.74, 6) is -0.376. The number of allylic oxidation sites excluding steroid dienone is 2. The summed E-state index contributed by atoms with van der Waals surface area (Å²) in [6, 6.07) is 15.8. The number of aromatic nitrogens is 2. The number of aromatic amines is 1. The van der Waals surface area contributed by atoms with E-state index in [9.17, 15) is 14.7 Å². The van der Waals surface area contributed by atoms with Crippen LogP contribution in [0.2, 0.25) is 0 Å². The molecular weight excluding hydrogens is 530 g/mol.